The van der Waals surface area contributed by atoms with Crippen molar-refractivity contribution in [3.05, 3.63) is 0 Å². The fourth-order valence-corrected chi connectivity index (χ4v) is 9.24. The molecule has 0 aromatic carbocycles. The molecular weight excluding hydrogens is 455 g/mol. The molecule has 4 aliphatic carbocycles. The maximum atomic E-state index is 11.5. The maximum absolute atomic E-state index is 11.5. The predicted octanol–water partition coefficient (Wildman–Crippen LogP) is 0.935. The normalized spacial score (nSPS) is 42.2. The summed E-state index contributed by atoms with van der Waals surface area (Å²) >= 11 is 0. The topological polar surface area (TPSA) is 113 Å². The zero-order valence-corrected chi connectivity index (χ0v) is 23.4. The predicted molar refractivity (Wildman–Crippen MR) is 116 cm³/mol. The van der Waals surface area contributed by atoms with Crippen LogP contribution >= 0.6 is 0 Å². The first-order valence-corrected chi connectivity index (χ1v) is 13.9. The Morgan fingerprint density at radius 3 is 2.39 bits per heavy atom. The number of carboxylic acid groups (broad SMARTS) is 1. The first-order chi connectivity index (χ1) is 15.0. The molecule has 0 amide bonds. The van der Waals surface area contributed by atoms with Gasteiger partial charge in [-0.05, 0) is 104 Å². The van der Waals surface area contributed by atoms with Gasteiger partial charge in [0.2, 0.25) is 0 Å². The van der Waals surface area contributed by atoms with E-state index < -0.39 is 22.5 Å². The molecule has 184 valence electrons. The second-order valence-electron chi connectivity index (χ2n) is 11.7. The van der Waals surface area contributed by atoms with Crippen LogP contribution in [-0.4, -0.2) is 25.0 Å². The van der Waals surface area contributed by atoms with Gasteiger partial charge in [-0.15, -0.1) is 0 Å². The fourth-order valence-electron chi connectivity index (χ4n) is 9.04. The molecule has 4 saturated carbocycles. The van der Waals surface area contributed by atoms with Crippen molar-refractivity contribution in [1.29, 1.82) is 0 Å². The summed E-state index contributed by atoms with van der Waals surface area (Å²) in [6, 6.07) is 0. The Kier molecular flexibility index (Phi) is 8.74. The summed E-state index contributed by atoms with van der Waals surface area (Å²) in [7, 11) is -4.88. The molecule has 9 heteroatoms. The number of carbonyl (C=O) groups excluding carboxylic acids is 1. The van der Waals surface area contributed by atoms with E-state index in [1.807, 2.05) is 6.92 Å². The molecule has 0 spiro atoms. The van der Waals surface area contributed by atoms with Crippen LogP contribution in [-0.2, 0) is 24.4 Å². The second kappa shape index (κ2) is 10.3. The summed E-state index contributed by atoms with van der Waals surface area (Å²) < 4.78 is 34.2. The van der Waals surface area contributed by atoms with Gasteiger partial charge in [0, 0.05) is 0 Å². The largest absolute Gasteiger partial charge is 1.00 e. The quantitative estimate of drug-likeness (QED) is 0.243. The molecule has 0 aliphatic heterocycles. The van der Waals surface area contributed by atoms with E-state index in [2.05, 4.69) is 23.1 Å². The molecule has 4 rings (SSSR count). The van der Waals surface area contributed by atoms with E-state index in [-0.39, 0.29) is 47.3 Å². The molecule has 4 fully saturated rings. The Hall–Kier alpha value is 0.300. The molecular formula is C24H39NaO7S. The monoisotopic (exact) mass is 494 g/mol. The number of fused-ring (bicyclic) bond motifs is 5. The van der Waals surface area contributed by atoms with E-state index in [9.17, 15) is 18.3 Å². The summed E-state index contributed by atoms with van der Waals surface area (Å²) in [5, 5.41) is 11.5. The van der Waals surface area contributed by atoms with Gasteiger partial charge in [-0.1, -0.05) is 37.9 Å². The van der Waals surface area contributed by atoms with Crippen LogP contribution < -0.4 is 34.7 Å². The zero-order valence-electron chi connectivity index (χ0n) is 20.6. The van der Waals surface area contributed by atoms with Gasteiger partial charge < -0.3 is 9.90 Å². The minimum absolute atomic E-state index is 0. The molecule has 0 aromatic rings. The first kappa shape index (κ1) is 27.9. The summed E-state index contributed by atoms with van der Waals surface area (Å²) in [5.74, 6) is 1.97. The third-order valence-corrected chi connectivity index (χ3v) is 10.7. The van der Waals surface area contributed by atoms with Gasteiger partial charge in [-0.2, -0.15) is 8.42 Å². The van der Waals surface area contributed by atoms with Crippen LogP contribution in [0.1, 0.15) is 91.4 Å². The van der Waals surface area contributed by atoms with Gasteiger partial charge in [-0.25, -0.2) is 4.89 Å². The summed E-state index contributed by atoms with van der Waals surface area (Å²) in [5.41, 5.74) is 0.659. The van der Waals surface area contributed by atoms with Gasteiger partial charge in [0.05, 0.1) is 5.97 Å². The van der Waals surface area contributed by atoms with E-state index in [4.69, 9.17) is 4.55 Å². The van der Waals surface area contributed by atoms with Crippen molar-refractivity contribution in [2.45, 2.75) is 97.5 Å². The van der Waals surface area contributed by atoms with Crippen LogP contribution in [0.3, 0.4) is 0 Å². The zero-order chi connectivity index (χ0) is 23.3. The van der Waals surface area contributed by atoms with E-state index in [0.29, 0.717) is 17.3 Å². The molecule has 0 heterocycles. The number of hydrogen-bond acceptors (Lipinski definition) is 6. The third-order valence-electron chi connectivity index (χ3n) is 10.4. The van der Waals surface area contributed by atoms with Gasteiger partial charge in [0.15, 0.2) is 0 Å². The summed E-state index contributed by atoms with van der Waals surface area (Å²) in [6.45, 7) is 7.00. The minimum atomic E-state index is -4.88. The van der Waals surface area contributed by atoms with Crippen molar-refractivity contribution in [3.8, 4) is 0 Å². The standard InChI is InChI=1S/C24H40O7S.Na/c1-15(14-21(22(25)26)30-31-32(27,28)29)18-9-10-19-17-8-7-16-6-4-5-12-23(16,2)20(17)11-13-24(18,19)3;/h15-21H,4-14H2,1-3H3,(H,25,26)(H,27,28,29);/q;+1/p-1/t15-,16?,17+,18-,19+,20+,21?,23+,24-;/m1./s1. The summed E-state index contributed by atoms with van der Waals surface area (Å²) in [6.07, 6.45) is 11.5. The molecule has 1 N–H and O–H groups in total. The first-order valence-electron chi connectivity index (χ1n) is 12.5. The van der Waals surface area contributed by atoms with Crippen molar-refractivity contribution < 1.29 is 61.7 Å². The van der Waals surface area contributed by atoms with Crippen molar-refractivity contribution in [3.63, 3.8) is 0 Å². The van der Waals surface area contributed by atoms with Gasteiger partial charge >= 0.3 is 40.0 Å². The number of rotatable bonds is 7. The Morgan fingerprint density at radius 1 is 1.03 bits per heavy atom. The van der Waals surface area contributed by atoms with E-state index in [0.717, 1.165) is 24.2 Å². The molecule has 4 aliphatic rings. The number of hydrogen-bond donors (Lipinski definition) is 1. The smallest absolute Gasteiger partial charge is 0.547 e. The van der Waals surface area contributed by atoms with Crippen molar-refractivity contribution in [1.82, 2.24) is 0 Å². The molecule has 0 aromatic heterocycles. The molecule has 0 bridgehead atoms. The van der Waals surface area contributed by atoms with Crippen molar-refractivity contribution in [2.75, 3.05) is 0 Å². The van der Waals surface area contributed by atoms with Gasteiger partial charge in [0.25, 0.3) is 0 Å². The molecule has 9 atom stereocenters. The Balaban J connectivity index is 0.00000306. The number of carbonyl (C=O) groups is 1. The SMILES string of the molecule is C[C@H](CC(OOS(=O)(=O)O)C(=O)[O-])[C@H]1CC[C@H]2[C@@H]3CCC4CCCC[C@]4(C)[C@H]3CC[C@]12C.[Na+]. The fraction of sp³-hybridized carbons (Fsp3) is 0.958. The van der Waals surface area contributed by atoms with Gasteiger partial charge in [-0.3, -0.25) is 4.55 Å². The number of aliphatic carboxylic acids is 1. The van der Waals surface area contributed by atoms with Gasteiger partial charge in [0.1, 0.15) is 6.10 Å². The average molecular weight is 495 g/mol. The second-order valence-corrected chi connectivity index (χ2v) is 12.7. The summed E-state index contributed by atoms with van der Waals surface area (Å²) in [4.78, 5) is 16.0. The molecule has 33 heavy (non-hydrogen) atoms. The van der Waals surface area contributed by atoms with Crippen LogP contribution in [0, 0.1) is 46.3 Å². The molecule has 7 nitrogen and oxygen atoms in total. The maximum Gasteiger partial charge on any atom is 1.00 e. The van der Waals surface area contributed by atoms with Crippen LogP contribution in [0.15, 0.2) is 0 Å². The van der Waals surface area contributed by atoms with E-state index >= 15 is 0 Å². The number of carboxylic acids is 1. The van der Waals surface area contributed by atoms with Crippen LogP contribution in [0.2, 0.25) is 0 Å². The Bertz CT molecular complexity index is 820. The minimum Gasteiger partial charge on any atom is -0.547 e. The molecule has 0 saturated heterocycles. The van der Waals surface area contributed by atoms with E-state index in [1.54, 1.807) is 0 Å². The Labute approximate surface area is 220 Å². The average Bonchev–Trinajstić information content (AvgIpc) is 3.07. The third kappa shape index (κ3) is 5.37. The van der Waals surface area contributed by atoms with Crippen LogP contribution in [0.5, 0.6) is 0 Å². The molecule has 0 radical (unpaired) electrons. The van der Waals surface area contributed by atoms with Crippen molar-refractivity contribution >= 4 is 16.4 Å². The van der Waals surface area contributed by atoms with E-state index in [1.165, 1.54) is 57.8 Å². The van der Waals surface area contributed by atoms with Crippen molar-refractivity contribution in [2.24, 2.45) is 46.3 Å². The molecule has 2 unspecified atom stereocenters. The van der Waals surface area contributed by atoms with Crippen LogP contribution in [0.4, 0.5) is 0 Å². The Morgan fingerprint density at radius 2 is 1.73 bits per heavy atom. The van der Waals surface area contributed by atoms with Crippen LogP contribution in [0.25, 0.3) is 0 Å².